The van der Waals surface area contributed by atoms with Gasteiger partial charge in [-0.05, 0) is 42.5 Å². The molecule has 0 unspecified atom stereocenters. The average Bonchev–Trinajstić information content (AvgIpc) is 3.15. The summed E-state index contributed by atoms with van der Waals surface area (Å²) in [5.74, 6) is 2.15. The lowest BCUT2D eigenvalue weighted by Crippen LogP contribution is -2.41. The van der Waals surface area contributed by atoms with Crippen LogP contribution in [0.4, 0.5) is 0 Å². The number of aromatic nitrogens is 1. The highest BCUT2D eigenvalue weighted by molar-refractivity contribution is 6.76. The molecule has 2 N–H and O–H groups in total. The summed E-state index contributed by atoms with van der Waals surface area (Å²) in [6.07, 6.45) is 8.79. The monoisotopic (exact) mass is 355 g/mol. The summed E-state index contributed by atoms with van der Waals surface area (Å²) in [7, 11) is 1.86. The van der Waals surface area contributed by atoms with E-state index in [4.69, 9.17) is 0 Å². The summed E-state index contributed by atoms with van der Waals surface area (Å²) < 4.78 is 0. The van der Waals surface area contributed by atoms with Crippen molar-refractivity contribution in [2.45, 2.75) is 6.42 Å². The number of H-pyrrole nitrogens is 1. The molecule has 0 radical (unpaired) electrons. The minimum absolute atomic E-state index is 0.0495. The average molecular weight is 355 g/mol. The number of nitrogens with one attached hydrogen (secondary N) is 2. The fraction of sp³-hybridized carbons (Fsp3) is 0.136. The number of nitrogens with zero attached hydrogens (tertiary/aromatic N) is 1. The number of aromatic amines is 1. The van der Waals surface area contributed by atoms with E-state index in [1.807, 2.05) is 68.0 Å². The van der Waals surface area contributed by atoms with Crippen LogP contribution >= 0.6 is 0 Å². The van der Waals surface area contributed by atoms with Crippen LogP contribution in [0.25, 0.3) is 10.9 Å². The molecule has 0 saturated heterocycles. The van der Waals surface area contributed by atoms with Crippen molar-refractivity contribution in [2.24, 2.45) is 0 Å². The molecule has 1 aliphatic heterocycles. The van der Waals surface area contributed by atoms with Crippen LogP contribution in [-0.2, 0) is 6.42 Å². The maximum absolute atomic E-state index is 12.7. The number of para-hydroxylation sites is 1. The molecule has 0 spiro atoms. The summed E-state index contributed by atoms with van der Waals surface area (Å²) in [5, 5.41) is 4.52. The standard InChI is InChI=1S/C22H22BN3O/c1-26(15-12-18-16-24-21-7-3-2-6-20(18)21)22(27)17-8-10-19(11-9-17)23-13-4-5-14-25-23/h2-11,13-14,16,24-25H,12,15H2,1H3. The van der Waals surface area contributed by atoms with Crippen LogP contribution in [0.5, 0.6) is 0 Å². The van der Waals surface area contributed by atoms with E-state index in [0.29, 0.717) is 6.54 Å². The molecular formula is C22H22BN3O. The van der Waals surface area contributed by atoms with Gasteiger partial charge in [-0.25, -0.2) is 0 Å². The SMILES string of the molecule is CN(CCc1c[nH]c2ccccc12)C(=O)c1ccc(B2C=CC=CN2)cc1. The Hall–Kier alpha value is -3.21. The number of carbonyl (C=O) groups excluding carboxylic acids is 1. The molecule has 1 aliphatic rings. The Kier molecular flexibility index (Phi) is 4.83. The second-order valence-electron chi connectivity index (χ2n) is 6.85. The molecule has 1 aromatic heterocycles. The van der Waals surface area contributed by atoms with Crippen molar-refractivity contribution in [2.75, 3.05) is 13.6 Å². The van der Waals surface area contributed by atoms with Crippen molar-refractivity contribution < 1.29 is 4.79 Å². The molecule has 2 aromatic carbocycles. The Morgan fingerprint density at radius 1 is 1.07 bits per heavy atom. The highest BCUT2D eigenvalue weighted by Crippen LogP contribution is 2.18. The number of rotatable bonds is 5. The van der Waals surface area contributed by atoms with Gasteiger partial charge in [0.15, 0.2) is 0 Å². The van der Waals surface area contributed by atoms with Crippen molar-refractivity contribution >= 4 is 29.1 Å². The summed E-state index contributed by atoms with van der Waals surface area (Å²) in [5.41, 5.74) is 4.24. The highest BCUT2D eigenvalue weighted by Gasteiger charge is 2.16. The van der Waals surface area contributed by atoms with Gasteiger partial charge in [0.1, 0.15) is 0 Å². The third kappa shape index (κ3) is 3.67. The molecule has 1 amide bonds. The maximum atomic E-state index is 12.7. The van der Waals surface area contributed by atoms with E-state index in [2.05, 4.69) is 28.3 Å². The lowest BCUT2D eigenvalue weighted by molar-refractivity contribution is 0.0796. The molecule has 4 rings (SSSR count). The number of carbonyl (C=O) groups is 1. The second kappa shape index (κ2) is 7.58. The predicted octanol–water partition coefficient (Wildman–Crippen LogP) is 2.89. The van der Waals surface area contributed by atoms with E-state index < -0.39 is 0 Å². The number of fused-ring (bicyclic) bond motifs is 1. The van der Waals surface area contributed by atoms with Crippen LogP contribution in [0.1, 0.15) is 15.9 Å². The fourth-order valence-electron chi connectivity index (χ4n) is 3.43. The van der Waals surface area contributed by atoms with Crippen molar-refractivity contribution in [3.05, 3.63) is 90.2 Å². The van der Waals surface area contributed by atoms with E-state index in [-0.39, 0.29) is 12.8 Å². The van der Waals surface area contributed by atoms with Gasteiger partial charge in [0.05, 0.1) is 0 Å². The first kappa shape index (κ1) is 17.2. The molecule has 2 heterocycles. The van der Waals surface area contributed by atoms with Crippen LogP contribution in [0, 0.1) is 0 Å². The number of allylic oxidation sites excluding steroid dienone is 2. The molecular weight excluding hydrogens is 333 g/mol. The minimum atomic E-state index is 0.0495. The molecule has 3 aromatic rings. The third-order valence-corrected chi connectivity index (χ3v) is 5.04. The fourth-order valence-corrected chi connectivity index (χ4v) is 3.43. The number of amides is 1. The molecule has 0 fully saturated rings. The Bertz CT molecular complexity index is 1000. The number of hydrogen-bond donors (Lipinski definition) is 2. The van der Waals surface area contributed by atoms with E-state index in [9.17, 15) is 4.79 Å². The minimum Gasteiger partial charge on any atom is -0.427 e. The van der Waals surface area contributed by atoms with Gasteiger partial charge in [-0.3, -0.25) is 4.79 Å². The molecule has 27 heavy (non-hydrogen) atoms. The smallest absolute Gasteiger partial charge is 0.312 e. The highest BCUT2D eigenvalue weighted by atomic mass is 16.2. The van der Waals surface area contributed by atoms with Crippen molar-refractivity contribution in [1.82, 2.24) is 15.1 Å². The maximum Gasteiger partial charge on any atom is 0.312 e. The van der Waals surface area contributed by atoms with Gasteiger partial charge >= 0.3 is 6.85 Å². The first-order chi connectivity index (χ1) is 13.2. The Morgan fingerprint density at radius 2 is 1.89 bits per heavy atom. The molecule has 5 heteroatoms. The van der Waals surface area contributed by atoms with Crippen LogP contribution in [0.15, 0.2) is 79.1 Å². The van der Waals surface area contributed by atoms with Crippen LogP contribution in [0.2, 0.25) is 0 Å². The summed E-state index contributed by atoms with van der Waals surface area (Å²) in [6.45, 7) is 0.846. The van der Waals surface area contributed by atoms with Crippen molar-refractivity contribution in [3.63, 3.8) is 0 Å². The van der Waals surface area contributed by atoms with Crippen LogP contribution in [0.3, 0.4) is 0 Å². The van der Waals surface area contributed by atoms with E-state index >= 15 is 0 Å². The first-order valence-electron chi connectivity index (χ1n) is 9.22. The molecule has 0 atom stereocenters. The predicted molar refractivity (Wildman–Crippen MR) is 112 cm³/mol. The van der Waals surface area contributed by atoms with Crippen LogP contribution in [-0.4, -0.2) is 36.2 Å². The molecule has 0 saturated carbocycles. The summed E-state index contributed by atoms with van der Waals surface area (Å²) in [4.78, 5) is 17.8. The number of benzene rings is 2. The van der Waals surface area contributed by atoms with Gasteiger partial charge in [-0.15, -0.1) is 0 Å². The zero-order valence-corrected chi connectivity index (χ0v) is 15.4. The van der Waals surface area contributed by atoms with E-state index in [1.54, 1.807) is 4.90 Å². The van der Waals surface area contributed by atoms with Crippen LogP contribution < -0.4 is 10.7 Å². The molecule has 134 valence electrons. The lowest BCUT2D eigenvalue weighted by Gasteiger charge is -2.18. The second-order valence-corrected chi connectivity index (χ2v) is 6.85. The summed E-state index contributed by atoms with van der Waals surface area (Å²) >= 11 is 0. The van der Waals surface area contributed by atoms with Gasteiger partial charge in [0.2, 0.25) is 0 Å². The number of likely N-dealkylation sites (N-methyl/N-ethyl adjacent to an activating group) is 1. The van der Waals surface area contributed by atoms with E-state index in [0.717, 1.165) is 23.0 Å². The zero-order chi connectivity index (χ0) is 18.6. The van der Waals surface area contributed by atoms with Crippen molar-refractivity contribution in [1.29, 1.82) is 0 Å². The van der Waals surface area contributed by atoms with Gasteiger partial charge in [-0.1, -0.05) is 47.8 Å². The Balaban J connectivity index is 1.40. The topological polar surface area (TPSA) is 48.1 Å². The van der Waals surface area contributed by atoms with E-state index in [1.165, 1.54) is 10.9 Å². The van der Waals surface area contributed by atoms with Gasteiger partial charge < -0.3 is 15.1 Å². The number of hydrogen-bond acceptors (Lipinski definition) is 2. The lowest BCUT2D eigenvalue weighted by atomic mass is 9.55. The molecule has 0 aliphatic carbocycles. The van der Waals surface area contributed by atoms with Gasteiger partial charge in [0.25, 0.3) is 5.91 Å². The molecule has 4 nitrogen and oxygen atoms in total. The Morgan fingerprint density at radius 3 is 2.67 bits per heavy atom. The Labute approximate surface area is 159 Å². The van der Waals surface area contributed by atoms with Crippen molar-refractivity contribution in [3.8, 4) is 0 Å². The molecule has 0 bridgehead atoms. The first-order valence-corrected chi connectivity index (χ1v) is 9.22. The normalized spacial score (nSPS) is 13.0. The summed E-state index contributed by atoms with van der Waals surface area (Å²) in [6, 6.07) is 16.1. The zero-order valence-electron chi connectivity index (χ0n) is 15.4. The van der Waals surface area contributed by atoms with Gasteiger partial charge in [-0.2, -0.15) is 0 Å². The van der Waals surface area contributed by atoms with Gasteiger partial charge in [0, 0.05) is 36.3 Å². The third-order valence-electron chi connectivity index (χ3n) is 5.04. The quantitative estimate of drug-likeness (QED) is 0.692. The largest absolute Gasteiger partial charge is 0.427 e.